The number of anilines is 1. The van der Waals surface area contributed by atoms with Gasteiger partial charge in [-0.05, 0) is 37.7 Å². The quantitative estimate of drug-likeness (QED) is 0.894. The van der Waals surface area contributed by atoms with Crippen LogP contribution in [0.5, 0.6) is 0 Å². The number of hydrogen-bond acceptors (Lipinski definition) is 3. The number of para-hydroxylation sites is 1. The maximum atomic E-state index is 4.60. The maximum Gasteiger partial charge on any atom is 0.223 e. The fourth-order valence-electron chi connectivity index (χ4n) is 3.23. The lowest BCUT2D eigenvalue weighted by Crippen LogP contribution is -2.26. The van der Waals surface area contributed by atoms with Crippen LogP contribution in [0.1, 0.15) is 45.4 Å². The van der Waals surface area contributed by atoms with Crippen LogP contribution in [0.4, 0.5) is 5.95 Å². The summed E-state index contributed by atoms with van der Waals surface area (Å²) in [4.78, 5) is 9.04. The van der Waals surface area contributed by atoms with Gasteiger partial charge in [-0.3, -0.25) is 0 Å². The van der Waals surface area contributed by atoms with Gasteiger partial charge in [0.05, 0.1) is 5.52 Å². The van der Waals surface area contributed by atoms with Crippen LogP contribution >= 0.6 is 0 Å². The summed E-state index contributed by atoms with van der Waals surface area (Å²) >= 11 is 0. The van der Waals surface area contributed by atoms with E-state index in [4.69, 9.17) is 0 Å². The molecule has 0 saturated heterocycles. The smallest absolute Gasteiger partial charge is 0.223 e. The monoisotopic (exact) mass is 269 g/mol. The molecule has 2 aromatic rings. The van der Waals surface area contributed by atoms with Gasteiger partial charge in [0, 0.05) is 17.6 Å². The third-order valence-electron chi connectivity index (χ3n) is 4.37. The summed E-state index contributed by atoms with van der Waals surface area (Å²) in [5.74, 6) is 1.72. The molecular formula is C17H23N3. The first kappa shape index (κ1) is 13.3. The molecule has 1 aliphatic rings. The van der Waals surface area contributed by atoms with E-state index in [0.717, 1.165) is 22.8 Å². The summed E-state index contributed by atoms with van der Waals surface area (Å²) in [5, 5.41) is 4.62. The van der Waals surface area contributed by atoms with E-state index in [2.05, 4.69) is 28.3 Å². The number of hydrogen-bond donors (Lipinski definition) is 1. The summed E-state index contributed by atoms with van der Waals surface area (Å²) in [7, 11) is 0. The molecule has 3 heteroatoms. The molecule has 3 rings (SSSR count). The fourth-order valence-corrected chi connectivity index (χ4v) is 3.23. The van der Waals surface area contributed by atoms with Gasteiger partial charge in [-0.1, -0.05) is 38.0 Å². The van der Waals surface area contributed by atoms with Gasteiger partial charge in [-0.15, -0.1) is 0 Å². The third-order valence-corrected chi connectivity index (χ3v) is 4.37. The summed E-state index contributed by atoms with van der Waals surface area (Å²) < 4.78 is 0. The van der Waals surface area contributed by atoms with Crippen LogP contribution < -0.4 is 5.32 Å². The van der Waals surface area contributed by atoms with Gasteiger partial charge in [0.2, 0.25) is 5.95 Å². The first-order valence-corrected chi connectivity index (χ1v) is 7.83. The van der Waals surface area contributed by atoms with Crippen molar-refractivity contribution in [2.75, 3.05) is 5.32 Å². The first-order chi connectivity index (χ1) is 9.85. The van der Waals surface area contributed by atoms with E-state index in [1.807, 2.05) is 24.4 Å². The van der Waals surface area contributed by atoms with E-state index in [0.29, 0.717) is 6.04 Å². The predicted molar refractivity (Wildman–Crippen MR) is 83.8 cm³/mol. The van der Waals surface area contributed by atoms with Crippen molar-refractivity contribution in [3.05, 3.63) is 30.5 Å². The second kappa shape index (κ2) is 6.21. The number of benzene rings is 1. The van der Waals surface area contributed by atoms with Crippen molar-refractivity contribution in [2.45, 2.75) is 51.5 Å². The highest BCUT2D eigenvalue weighted by Gasteiger charge is 2.20. The van der Waals surface area contributed by atoms with E-state index in [1.54, 1.807) is 0 Å². The highest BCUT2D eigenvalue weighted by Crippen LogP contribution is 2.29. The van der Waals surface area contributed by atoms with Gasteiger partial charge in [-0.25, -0.2) is 9.97 Å². The Balaban J connectivity index is 1.62. The van der Waals surface area contributed by atoms with Gasteiger partial charge >= 0.3 is 0 Å². The Morgan fingerprint density at radius 2 is 1.95 bits per heavy atom. The third kappa shape index (κ3) is 3.09. The van der Waals surface area contributed by atoms with Crippen LogP contribution in [-0.4, -0.2) is 16.0 Å². The van der Waals surface area contributed by atoms with E-state index < -0.39 is 0 Å². The molecule has 20 heavy (non-hydrogen) atoms. The summed E-state index contributed by atoms with van der Waals surface area (Å²) in [6.07, 6.45) is 9.81. The lowest BCUT2D eigenvalue weighted by Gasteiger charge is -2.28. The van der Waals surface area contributed by atoms with Crippen molar-refractivity contribution in [1.82, 2.24) is 9.97 Å². The Morgan fingerprint density at radius 3 is 2.75 bits per heavy atom. The molecule has 1 aromatic heterocycles. The lowest BCUT2D eigenvalue weighted by molar-refractivity contribution is 0.318. The molecule has 0 radical (unpaired) electrons. The van der Waals surface area contributed by atoms with Crippen LogP contribution in [0.15, 0.2) is 30.5 Å². The minimum Gasteiger partial charge on any atom is -0.351 e. The van der Waals surface area contributed by atoms with E-state index in [9.17, 15) is 0 Å². The molecule has 3 nitrogen and oxygen atoms in total. The molecule has 0 amide bonds. The van der Waals surface area contributed by atoms with Gasteiger partial charge in [0.25, 0.3) is 0 Å². The first-order valence-electron chi connectivity index (χ1n) is 7.83. The van der Waals surface area contributed by atoms with Crippen molar-refractivity contribution >= 4 is 16.9 Å². The predicted octanol–water partition coefficient (Wildman–Crippen LogP) is 4.40. The van der Waals surface area contributed by atoms with Crippen LogP contribution in [-0.2, 0) is 0 Å². The Labute approximate surface area is 120 Å². The molecule has 1 saturated carbocycles. The van der Waals surface area contributed by atoms with Crippen molar-refractivity contribution in [3.63, 3.8) is 0 Å². The van der Waals surface area contributed by atoms with Crippen molar-refractivity contribution in [2.24, 2.45) is 5.92 Å². The number of nitrogens with zero attached hydrogens (tertiary/aromatic N) is 2. The average molecular weight is 269 g/mol. The van der Waals surface area contributed by atoms with E-state index in [-0.39, 0.29) is 0 Å². The largest absolute Gasteiger partial charge is 0.351 e. The second-order valence-corrected chi connectivity index (χ2v) is 5.90. The highest BCUT2D eigenvalue weighted by molar-refractivity contribution is 5.78. The van der Waals surface area contributed by atoms with Crippen LogP contribution in [0.2, 0.25) is 0 Å². The Kier molecular flexibility index (Phi) is 4.14. The molecule has 106 valence electrons. The van der Waals surface area contributed by atoms with Crippen LogP contribution in [0, 0.1) is 5.92 Å². The number of fused-ring (bicyclic) bond motifs is 1. The summed E-state index contributed by atoms with van der Waals surface area (Å²) in [5.41, 5.74) is 1.02. The summed E-state index contributed by atoms with van der Waals surface area (Å²) in [6.45, 7) is 2.28. The lowest BCUT2D eigenvalue weighted by atomic mass is 9.83. The normalized spacial score (nSPS) is 22.9. The molecule has 0 bridgehead atoms. The van der Waals surface area contributed by atoms with Gasteiger partial charge < -0.3 is 5.32 Å². The molecule has 0 unspecified atom stereocenters. The standard InChI is InChI=1S/C17H23N3/c1-2-5-13-8-10-15(11-9-13)19-17-18-12-14-6-3-4-7-16(14)20-17/h3-4,6-7,12-13,15H,2,5,8-11H2,1H3,(H,18,19,20). The fraction of sp³-hybridized carbons (Fsp3) is 0.529. The highest BCUT2D eigenvalue weighted by atomic mass is 15.1. The van der Waals surface area contributed by atoms with E-state index in [1.165, 1.54) is 38.5 Å². The van der Waals surface area contributed by atoms with Crippen molar-refractivity contribution < 1.29 is 0 Å². The Hall–Kier alpha value is -1.64. The molecule has 0 aliphatic heterocycles. The molecule has 1 N–H and O–H groups in total. The van der Waals surface area contributed by atoms with Crippen LogP contribution in [0.3, 0.4) is 0 Å². The maximum absolute atomic E-state index is 4.60. The summed E-state index contributed by atoms with van der Waals surface area (Å²) in [6, 6.07) is 8.68. The Morgan fingerprint density at radius 1 is 1.15 bits per heavy atom. The van der Waals surface area contributed by atoms with Crippen LogP contribution in [0.25, 0.3) is 10.9 Å². The zero-order valence-corrected chi connectivity index (χ0v) is 12.2. The molecule has 1 aromatic carbocycles. The van der Waals surface area contributed by atoms with E-state index >= 15 is 0 Å². The molecule has 1 heterocycles. The molecule has 0 spiro atoms. The molecule has 0 atom stereocenters. The van der Waals surface area contributed by atoms with Gasteiger partial charge in [0.15, 0.2) is 0 Å². The van der Waals surface area contributed by atoms with Crippen molar-refractivity contribution in [1.29, 1.82) is 0 Å². The topological polar surface area (TPSA) is 37.8 Å². The second-order valence-electron chi connectivity index (χ2n) is 5.90. The number of nitrogens with one attached hydrogen (secondary N) is 1. The van der Waals surface area contributed by atoms with Crippen molar-refractivity contribution in [3.8, 4) is 0 Å². The number of aromatic nitrogens is 2. The minimum atomic E-state index is 0.546. The zero-order chi connectivity index (χ0) is 13.8. The minimum absolute atomic E-state index is 0.546. The molecule has 1 aliphatic carbocycles. The molecular weight excluding hydrogens is 246 g/mol. The zero-order valence-electron chi connectivity index (χ0n) is 12.2. The van der Waals surface area contributed by atoms with Gasteiger partial charge in [-0.2, -0.15) is 0 Å². The van der Waals surface area contributed by atoms with Gasteiger partial charge in [0.1, 0.15) is 0 Å². The average Bonchev–Trinajstić information content (AvgIpc) is 2.49. The SMILES string of the molecule is CCCC1CCC(Nc2ncc3ccccc3n2)CC1. The Bertz CT molecular complexity index is 559. The molecule has 1 fully saturated rings. The number of rotatable bonds is 4.